The van der Waals surface area contributed by atoms with E-state index in [0.717, 1.165) is 16.6 Å². The van der Waals surface area contributed by atoms with Gasteiger partial charge in [-0.1, -0.05) is 11.2 Å². The highest BCUT2D eigenvalue weighted by Crippen LogP contribution is 2.25. The first-order valence-electron chi connectivity index (χ1n) is 7.44. The molecule has 4 aromatic rings. The number of imidazole rings is 1. The minimum absolute atomic E-state index is 0.338. The number of aromatic nitrogens is 5. The number of rotatable bonds is 3. The van der Waals surface area contributed by atoms with Crippen LogP contribution in [0.25, 0.3) is 34.0 Å². The predicted molar refractivity (Wildman–Crippen MR) is 86.6 cm³/mol. The molecule has 0 N–H and O–H groups in total. The Balaban J connectivity index is 1.77. The SMILES string of the molecule is CC(C)n1cnc2ccc(-c3noc(-c4ccccn4)n3)cc21. The van der Waals surface area contributed by atoms with Gasteiger partial charge in [0.2, 0.25) is 5.82 Å². The fourth-order valence-electron chi connectivity index (χ4n) is 2.51. The highest BCUT2D eigenvalue weighted by molar-refractivity contribution is 5.81. The highest BCUT2D eigenvalue weighted by Gasteiger charge is 2.13. The summed E-state index contributed by atoms with van der Waals surface area (Å²) in [6.07, 6.45) is 3.56. The summed E-state index contributed by atoms with van der Waals surface area (Å²) in [5, 5.41) is 4.07. The molecule has 6 nitrogen and oxygen atoms in total. The van der Waals surface area contributed by atoms with Crippen LogP contribution in [-0.4, -0.2) is 24.7 Å². The first kappa shape index (κ1) is 13.6. The van der Waals surface area contributed by atoms with Crippen LogP contribution < -0.4 is 0 Å². The van der Waals surface area contributed by atoms with Gasteiger partial charge in [0.25, 0.3) is 5.89 Å². The first-order valence-corrected chi connectivity index (χ1v) is 7.44. The summed E-state index contributed by atoms with van der Waals surface area (Å²) in [4.78, 5) is 13.1. The maximum atomic E-state index is 5.33. The maximum absolute atomic E-state index is 5.33. The number of pyridine rings is 1. The molecule has 4 rings (SSSR count). The van der Waals surface area contributed by atoms with Gasteiger partial charge in [-0.05, 0) is 44.2 Å². The molecule has 114 valence electrons. The second-order valence-electron chi connectivity index (χ2n) is 5.59. The second-order valence-corrected chi connectivity index (χ2v) is 5.59. The normalized spacial score (nSPS) is 11.4. The fourth-order valence-corrected chi connectivity index (χ4v) is 2.51. The van der Waals surface area contributed by atoms with Crippen LogP contribution in [0.5, 0.6) is 0 Å². The smallest absolute Gasteiger partial charge is 0.276 e. The zero-order valence-corrected chi connectivity index (χ0v) is 12.8. The minimum Gasteiger partial charge on any atom is -0.332 e. The number of nitrogens with zero attached hydrogens (tertiary/aromatic N) is 5. The lowest BCUT2D eigenvalue weighted by molar-refractivity contribution is 0.431. The van der Waals surface area contributed by atoms with E-state index >= 15 is 0 Å². The minimum atomic E-state index is 0.338. The van der Waals surface area contributed by atoms with Crippen molar-refractivity contribution in [3.8, 4) is 23.0 Å². The van der Waals surface area contributed by atoms with Gasteiger partial charge in [-0.25, -0.2) is 4.98 Å². The van der Waals surface area contributed by atoms with Crippen LogP contribution in [-0.2, 0) is 0 Å². The molecule has 0 saturated carbocycles. The number of hydrogen-bond acceptors (Lipinski definition) is 5. The maximum Gasteiger partial charge on any atom is 0.276 e. The molecule has 0 radical (unpaired) electrons. The molecule has 0 atom stereocenters. The van der Waals surface area contributed by atoms with E-state index in [4.69, 9.17) is 4.52 Å². The molecule has 3 heterocycles. The van der Waals surface area contributed by atoms with Gasteiger partial charge < -0.3 is 9.09 Å². The van der Waals surface area contributed by atoms with Gasteiger partial charge in [0.05, 0.1) is 17.4 Å². The van der Waals surface area contributed by atoms with Crippen LogP contribution >= 0.6 is 0 Å². The first-order chi connectivity index (χ1) is 11.2. The highest BCUT2D eigenvalue weighted by atomic mass is 16.5. The quantitative estimate of drug-likeness (QED) is 0.577. The van der Waals surface area contributed by atoms with E-state index in [-0.39, 0.29) is 0 Å². The molecule has 3 aromatic heterocycles. The molecule has 0 aliphatic rings. The Morgan fingerprint density at radius 3 is 2.78 bits per heavy atom. The van der Waals surface area contributed by atoms with Gasteiger partial charge in [0.15, 0.2) is 0 Å². The van der Waals surface area contributed by atoms with Crippen molar-refractivity contribution in [2.75, 3.05) is 0 Å². The van der Waals surface area contributed by atoms with Gasteiger partial charge >= 0.3 is 0 Å². The van der Waals surface area contributed by atoms with E-state index in [0.29, 0.717) is 23.5 Å². The van der Waals surface area contributed by atoms with Crippen molar-refractivity contribution < 1.29 is 4.52 Å². The van der Waals surface area contributed by atoms with Gasteiger partial charge in [0, 0.05) is 17.8 Å². The van der Waals surface area contributed by atoms with Crippen molar-refractivity contribution in [3.05, 3.63) is 48.9 Å². The monoisotopic (exact) mass is 305 g/mol. The second kappa shape index (κ2) is 5.31. The van der Waals surface area contributed by atoms with Crippen LogP contribution in [0.4, 0.5) is 0 Å². The Hall–Kier alpha value is -3.02. The molecule has 0 saturated heterocycles. The van der Waals surface area contributed by atoms with E-state index < -0.39 is 0 Å². The van der Waals surface area contributed by atoms with E-state index in [9.17, 15) is 0 Å². The molecule has 0 bridgehead atoms. The summed E-state index contributed by atoms with van der Waals surface area (Å²) in [6, 6.07) is 11.9. The van der Waals surface area contributed by atoms with Crippen molar-refractivity contribution in [1.82, 2.24) is 24.7 Å². The standard InChI is InChI=1S/C17H15N5O/c1-11(2)22-10-19-13-7-6-12(9-15(13)22)16-20-17(23-21-16)14-5-3-4-8-18-14/h3-11H,1-2H3. The van der Waals surface area contributed by atoms with Crippen molar-refractivity contribution in [3.63, 3.8) is 0 Å². The molecule has 6 heteroatoms. The van der Waals surface area contributed by atoms with Crippen LogP contribution in [0.1, 0.15) is 19.9 Å². The van der Waals surface area contributed by atoms with Crippen LogP contribution in [0.3, 0.4) is 0 Å². The van der Waals surface area contributed by atoms with E-state index in [1.165, 1.54) is 0 Å². The van der Waals surface area contributed by atoms with Crippen molar-refractivity contribution in [2.45, 2.75) is 19.9 Å². The number of hydrogen-bond donors (Lipinski definition) is 0. The third-order valence-corrected chi connectivity index (χ3v) is 3.70. The molecule has 0 aliphatic heterocycles. The Morgan fingerprint density at radius 1 is 1.09 bits per heavy atom. The molecule has 0 spiro atoms. The zero-order chi connectivity index (χ0) is 15.8. The van der Waals surface area contributed by atoms with Crippen molar-refractivity contribution in [1.29, 1.82) is 0 Å². The van der Waals surface area contributed by atoms with Gasteiger partial charge in [-0.15, -0.1) is 0 Å². The molecule has 0 amide bonds. The van der Waals surface area contributed by atoms with Crippen LogP contribution in [0, 0.1) is 0 Å². The van der Waals surface area contributed by atoms with E-state index in [1.807, 2.05) is 42.7 Å². The third-order valence-electron chi connectivity index (χ3n) is 3.70. The topological polar surface area (TPSA) is 69.6 Å². The average Bonchev–Trinajstić information content (AvgIpc) is 3.22. The van der Waals surface area contributed by atoms with Crippen molar-refractivity contribution >= 4 is 11.0 Å². The number of fused-ring (bicyclic) bond motifs is 1. The lowest BCUT2D eigenvalue weighted by Crippen LogP contribution is -1.98. The predicted octanol–water partition coefficient (Wildman–Crippen LogP) is 3.73. The van der Waals surface area contributed by atoms with Crippen LogP contribution in [0.2, 0.25) is 0 Å². The molecular weight excluding hydrogens is 290 g/mol. The average molecular weight is 305 g/mol. The Morgan fingerprint density at radius 2 is 2.00 bits per heavy atom. The van der Waals surface area contributed by atoms with E-state index in [1.54, 1.807) is 6.20 Å². The molecule has 23 heavy (non-hydrogen) atoms. The largest absolute Gasteiger partial charge is 0.332 e. The summed E-state index contributed by atoms with van der Waals surface area (Å²) >= 11 is 0. The summed E-state index contributed by atoms with van der Waals surface area (Å²) in [5.41, 5.74) is 3.57. The summed E-state index contributed by atoms with van der Waals surface area (Å²) in [6.45, 7) is 4.25. The molecule has 1 aromatic carbocycles. The van der Waals surface area contributed by atoms with Crippen molar-refractivity contribution in [2.24, 2.45) is 0 Å². The summed E-state index contributed by atoms with van der Waals surface area (Å²) in [7, 11) is 0. The Kier molecular flexibility index (Phi) is 3.15. The summed E-state index contributed by atoms with van der Waals surface area (Å²) < 4.78 is 7.45. The molecule has 0 aliphatic carbocycles. The fraction of sp³-hybridized carbons (Fsp3) is 0.176. The third kappa shape index (κ3) is 2.38. The van der Waals surface area contributed by atoms with Gasteiger partial charge in [0.1, 0.15) is 5.69 Å². The molecular formula is C17H15N5O. The summed E-state index contributed by atoms with van der Waals surface area (Å²) in [5.74, 6) is 0.960. The molecule has 0 fully saturated rings. The van der Waals surface area contributed by atoms with Gasteiger partial charge in [-0.3, -0.25) is 4.98 Å². The Bertz CT molecular complexity index is 955. The molecule has 0 unspecified atom stereocenters. The van der Waals surface area contributed by atoms with Gasteiger partial charge in [-0.2, -0.15) is 4.98 Å². The lowest BCUT2D eigenvalue weighted by Gasteiger charge is -2.07. The van der Waals surface area contributed by atoms with E-state index in [2.05, 4.69) is 38.5 Å². The Labute approximate surface area is 132 Å². The number of benzene rings is 1. The lowest BCUT2D eigenvalue weighted by atomic mass is 10.2. The van der Waals surface area contributed by atoms with Crippen LogP contribution in [0.15, 0.2) is 53.4 Å². The zero-order valence-electron chi connectivity index (χ0n) is 12.8.